The van der Waals surface area contributed by atoms with Crippen LogP contribution in [0.25, 0.3) is 154 Å². The SMILES string of the molecule is [C-]#[N+]c1ccccc1-c1ccc2c(c1)c1cc(-c3ccccc3C#N)ccc1n2-c1cc(C#N)ccc1-c1ccc(-c2nc(-c3ccccc3)nc(-c3ccccc3)n2)cc1-n1c2ccc(-c3ccccc3C#N)cc2c2cc(-c3ccccc3[N+]#[C-])ccc21. The molecule has 10 nitrogen and oxygen atoms in total. The number of hydrogen-bond acceptors (Lipinski definition) is 6. The highest BCUT2D eigenvalue weighted by atomic mass is 15.0. The van der Waals surface area contributed by atoms with Gasteiger partial charge in [0.2, 0.25) is 0 Å². The molecule has 10 heteroatoms. The van der Waals surface area contributed by atoms with Gasteiger partial charge in [-0.15, -0.1) is 0 Å². The Morgan fingerprint density at radius 1 is 0.289 bits per heavy atom. The van der Waals surface area contributed by atoms with Gasteiger partial charge in [0.05, 0.1) is 81.5 Å². The maximum absolute atomic E-state index is 10.9. The first kappa shape index (κ1) is 53.4. The van der Waals surface area contributed by atoms with Crippen LogP contribution in [0.4, 0.5) is 11.4 Å². The smallest absolute Gasteiger partial charge is 0.194 e. The van der Waals surface area contributed by atoms with Crippen molar-refractivity contribution < 1.29 is 0 Å². The molecule has 0 N–H and O–H groups in total. The summed E-state index contributed by atoms with van der Waals surface area (Å²) >= 11 is 0. The molecule has 0 unspecified atom stereocenters. The molecular weight excluding hydrogens is 1100 g/mol. The predicted molar refractivity (Wildman–Crippen MR) is 359 cm³/mol. The summed E-state index contributed by atoms with van der Waals surface area (Å²) in [6.45, 7) is 16.3. The maximum Gasteiger partial charge on any atom is 0.194 e. The lowest BCUT2D eigenvalue weighted by Crippen LogP contribution is -2.04. The third-order valence-electron chi connectivity index (χ3n) is 16.8. The van der Waals surface area contributed by atoms with Crippen LogP contribution >= 0.6 is 0 Å². The second-order valence-electron chi connectivity index (χ2n) is 21.8. The van der Waals surface area contributed by atoms with Gasteiger partial charge >= 0.3 is 0 Å². The van der Waals surface area contributed by atoms with Crippen LogP contribution in [-0.2, 0) is 0 Å². The lowest BCUT2D eigenvalue weighted by molar-refractivity contribution is 1.07. The number of hydrogen-bond donors (Lipinski definition) is 0. The van der Waals surface area contributed by atoms with E-state index in [1.807, 2.05) is 182 Å². The fraction of sp³-hybridized carbons (Fsp3) is 0. The largest absolute Gasteiger partial charge is 0.309 e. The van der Waals surface area contributed by atoms with Gasteiger partial charge in [-0.2, -0.15) is 15.8 Å². The number of aromatic nitrogens is 5. The van der Waals surface area contributed by atoms with Gasteiger partial charge in [0.15, 0.2) is 28.8 Å². The minimum absolute atomic E-state index is 0.449. The molecule has 0 aliphatic carbocycles. The second-order valence-corrected chi connectivity index (χ2v) is 21.8. The van der Waals surface area contributed by atoms with E-state index in [0.717, 1.165) is 122 Å². The zero-order valence-corrected chi connectivity index (χ0v) is 47.9. The first-order chi connectivity index (χ1) is 44.4. The van der Waals surface area contributed by atoms with Crippen molar-refractivity contribution in [1.82, 2.24) is 24.1 Å². The number of benzene rings is 12. The van der Waals surface area contributed by atoms with Crippen molar-refractivity contribution in [2.75, 3.05) is 0 Å². The van der Waals surface area contributed by atoms with Crippen molar-refractivity contribution in [3.05, 3.63) is 306 Å². The first-order valence-corrected chi connectivity index (χ1v) is 29.1. The van der Waals surface area contributed by atoms with E-state index in [2.05, 4.69) is 122 Å². The number of rotatable bonds is 10. The fourth-order valence-electron chi connectivity index (χ4n) is 12.6. The maximum atomic E-state index is 10.9. The molecule has 0 saturated heterocycles. The Morgan fingerprint density at radius 3 is 1.04 bits per heavy atom. The zero-order valence-electron chi connectivity index (χ0n) is 47.9. The lowest BCUT2D eigenvalue weighted by Gasteiger charge is -2.20. The summed E-state index contributed by atoms with van der Waals surface area (Å²) in [5.74, 6) is 1.48. The van der Waals surface area contributed by atoms with Crippen molar-refractivity contribution in [1.29, 1.82) is 15.8 Å². The molecule has 0 atom stereocenters. The van der Waals surface area contributed by atoms with Gasteiger partial charge in [-0.3, -0.25) is 0 Å². The molecule has 414 valence electrons. The van der Waals surface area contributed by atoms with Crippen LogP contribution in [0.1, 0.15) is 16.7 Å². The summed E-state index contributed by atoms with van der Waals surface area (Å²) < 4.78 is 4.50. The van der Waals surface area contributed by atoms with Gasteiger partial charge in [-0.25, -0.2) is 24.6 Å². The molecule has 0 fully saturated rings. The Balaban J connectivity index is 1.05. The number of fused-ring (bicyclic) bond motifs is 6. The van der Waals surface area contributed by atoms with Crippen LogP contribution in [0.2, 0.25) is 0 Å². The topological polar surface area (TPSA) is 129 Å². The molecule has 0 spiro atoms. The molecule has 0 aliphatic rings. The molecule has 0 radical (unpaired) electrons. The normalized spacial score (nSPS) is 11.1. The summed E-state index contributed by atoms with van der Waals surface area (Å²) in [6.07, 6.45) is 0. The molecule has 15 rings (SSSR count). The monoisotopic (exact) mass is 1140 g/mol. The van der Waals surface area contributed by atoms with Gasteiger partial charge in [0.25, 0.3) is 0 Å². The van der Waals surface area contributed by atoms with Crippen molar-refractivity contribution in [3.63, 3.8) is 0 Å². The lowest BCUT2D eigenvalue weighted by atomic mass is 9.97. The molecule has 12 aromatic carbocycles. The highest BCUT2D eigenvalue weighted by molar-refractivity contribution is 6.14. The van der Waals surface area contributed by atoms with Crippen molar-refractivity contribution in [3.8, 4) is 119 Å². The van der Waals surface area contributed by atoms with Crippen LogP contribution < -0.4 is 0 Å². The number of para-hydroxylation sites is 2. The van der Waals surface area contributed by atoms with E-state index in [1.165, 1.54) is 0 Å². The third-order valence-corrected chi connectivity index (χ3v) is 16.8. The van der Waals surface area contributed by atoms with Crippen LogP contribution in [0.15, 0.2) is 267 Å². The van der Waals surface area contributed by atoms with Gasteiger partial charge in [0, 0.05) is 49.4 Å². The van der Waals surface area contributed by atoms with E-state index in [0.29, 0.717) is 51.1 Å². The van der Waals surface area contributed by atoms with Gasteiger partial charge < -0.3 is 9.13 Å². The fourth-order valence-corrected chi connectivity index (χ4v) is 12.6. The standard InChI is InChI=1S/C80H44N10/c1-84-70-27-15-13-25-62(70)55-33-39-73-68(44-55)66-42-53(60-23-11-9-21-58(60)48-82)31-37-72(66)89(73)76-41-50(47-81)29-35-64(76)65-36-30-57(80-87-78(51-17-5-3-6-18-51)86-79(88-80)52-19-7-4-8-20-52)46-77(65)90-74-38-32-54(61-24-12-10-22-59(61)49-83)43-67(74)69-45-56(34-40-75(69)90)63-26-14-16-28-71(63)85-2/h3-46H. The Kier molecular flexibility index (Phi) is 13.2. The van der Waals surface area contributed by atoms with E-state index in [-0.39, 0.29) is 0 Å². The molecule has 0 saturated carbocycles. The van der Waals surface area contributed by atoms with E-state index in [1.54, 1.807) is 0 Å². The molecule has 15 aromatic rings. The van der Waals surface area contributed by atoms with Crippen LogP contribution in [0, 0.1) is 47.1 Å². The summed E-state index contributed by atoms with van der Waals surface area (Å²) in [5, 5.41) is 35.3. The van der Waals surface area contributed by atoms with Crippen molar-refractivity contribution in [2.45, 2.75) is 0 Å². The Labute approximate surface area is 517 Å². The van der Waals surface area contributed by atoms with E-state index in [9.17, 15) is 15.8 Å². The second kappa shape index (κ2) is 22.3. The summed E-state index contributed by atoms with van der Waals surface area (Å²) in [4.78, 5) is 23.4. The Hall–Kier alpha value is -13.3. The highest BCUT2D eigenvalue weighted by Gasteiger charge is 2.25. The molecule has 0 amide bonds. The molecule has 3 aromatic heterocycles. The Bertz CT molecular complexity index is 5400. The number of nitriles is 3. The van der Waals surface area contributed by atoms with E-state index >= 15 is 0 Å². The van der Waals surface area contributed by atoms with Crippen LogP contribution in [0.5, 0.6) is 0 Å². The Morgan fingerprint density at radius 2 is 0.633 bits per heavy atom. The van der Waals surface area contributed by atoms with Gasteiger partial charge in [0.1, 0.15) is 0 Å². The summed E-state index contributed by atoms with van der Waals surface area (Å²) in [5.41, 5.74) is 18.3. The van der Waals surface area contributed by atoms with E-state index in [4.69, 9.17) is 28.1 Å². The van der Waals surface area contributed by atoms with E-state index < -0.39 is 0 Å². The minimum atomic E-state index is 0.449. The summed E-state index contributed by atoms with van der Waals surface area (Å²) in [6, 6.07) is 94.9. The molecule has 3 heterocycles. The molecule has 0 bridgehead atoms. The first-order valence-electron chi connectivity index (χ1n) is 29.1. The predicted octanol–water partition coefficient (Wildman–Crippen LogP) is 20.1. The van der Waals surface area contributed by atoms with Crippen molar-refractivity contribution >= 4 is 55.0 Å². The molecule has 90 heavy (non-hydrogen) atoms. The third kappa shape index (κ3) is 9.14. The molecular formula is C80H44N10. The average molecular weight is 1150 g/mol. The average Bonchev–Trinajstić information content (AvgIpc) is 1.58. The van der Waals surface area contributed by atoms with Gasteiger partial charge in [-0.1, -0.05) is 188 Å². The zero-order chi connectivity index (χ0) is 60.8. The van der Waals surface area contributed by atoms with Crippen LogP contribution in [-0.4, -0.2) is 24.1 Å². The molecule has 0 aliphatic heterocycles. The number of nitrogens with zero attached hydrogens (tertiary/aromatic N) is 10. The summed E-state index contributed by atoms with van der Waals surface area (Å²) in [7, 11) is 0. The van der Waals surface area contributed by atoms with Gasteiger partial charge in [-0.05, 0) is 123 Å². The quantitative estimate of drug-likeness (QED) is 0.125. The minimum Gasteiger partial charge on any atom is -0.309 e. The van der Waals surface area contributed by atoms with Crippen LogP contribution in [0.3, 0.4) is 0 Å². The van der Waals surface area contributed by atoms with Crippen molar-refractivity contribution in [2.24, 2.45) is 0 Å². The highest BCUT2D eigenvalue weighted by Crippen LogP contribution is 2.46.